The highest BCUT2D eigenvalue weighted by Gasteiger charge is 2.20. The summed E-state index contributed by atoms with van der Waals surface area (Å²) in [5.41, 5.74) is -0.238. The fourth-order valence-electron chi connectivity index (χ4n) is 1.12. The number of ether oxygens (including phenoxy) is 1. The summed E-state index contributed by atoms with van der Waals surface area (Å²) in [6.07, 6.45) is 0.340. The molecule has 5 nitrogen and oxygen atoms in total. The highest BCUT2D eigenvalue weighted by Crippen LogP contribution is 2.26. The quantitative estimate of drug-likeness (QED) is 0.421. The van der Waals surface area contributed by atoms with Crippen molar-refractivity contribution >= 4 is 18.9 Å². The zero-order valence-corrected chi connectivity index (χ0v) is 7.47. The summed E-state index contributed by atoms with van der Waals surface area (Å²) in [5, 5.41) is 27.2. The number of methoxy groups -OCH3 is 1. The first-order chi connectivity index (χ1) is 6.61. The third kappa shape index (κ3) is 1.71. The maximum Gasteiger partial charge on any atom is 0.489 e. The number of hydrogen-bond donors (Lipinski definition) is 3. The van der Waals surface area contributed by atoms with Crippen LogP contribution in [0, 0.1) is 0 Å². The second-order valence-electron chi connectivity index (χ2n) is 2.61. The van der Waals surface area contributed by atoms with Gasteiger partial charge in [-0.2, -0.15) is 0 Å². The predicted molar refractivity (Wildman–Crippen MR) is 49.9 cm³/mol. The van der Waals surface area contributed by atoms with Gasteiger partial charge in [-0.15, -0.1) is 0 Å². The molecular formula is C8H9BO5. The number of phenols is 1. The lowest BCUT2D eigenvalue weighted by atomic mass is 9.77. The molecule has 0 saturated carbocycles. The molecular weight excluding hydrogens is 187 g/mol. The molecule has 0 unspecified atom stereocenters. The fraction of sp³-hybridized carbons (Fsp3) is 0.125. The van der Waals surface area contributed by atoms with Gasteiger partial charge in [-0.1, -0.05) is 6.07 Å². The van der Waals surface area contributed by atoms with Crippen molar-refractivity contribution in [1.29, 1.82) is 0 Å². The number of aldehydes is 1. The van der Waals surface area contributed by atoms with Crippen LogP contribution in [0.5, 0.6) is 11.5 Å². The summed E-state index contributed by atoms with van der Waals surface area (Å²) in [6, 6.07) is 2.64. The lowest BCUT2D eigenvalue weighted by molar-refractivity contribution is 0.112. The van der Waals surface area contributed by atoms with Gasteiger partial charge in [0.15, 0.2) is 17.8 Å². The third-order valence-corrected chi connectivity index (χ3v) is 1.83. The number of rotatable bonds is 3. The highest BCUT2D eigenvalue weighted by atomic mass is 16.5. The molecule has 14 heavy (non-hydrogen) atoms. The smallest absolute Gasteiger partial charge is 0.489 e. The molecule has 74 valence electrons. The highest BCUT2D eigenvalue weighted by molar-refractivity contribution is 6.60. The molecule has 0 bridgehead atoms. The van der Waals surface area contributed by atoms with Crippen molar-refractivity contribution < 1.29 is 24.7 Å². The van der Waals surface area contributed by atoms with E-state index in [9.17, 15) is 9.90 Å². The van der Waals surface area contributed by atoms with E-state index in [2.05, 4.69) is 0 Å². The van der Waals surface area contributed by atoms with Crippen LogP contribution in [0.2, 0.25) is 0 Å². The van der Waals surface area contributed by atoms with E-state index >= 15 is 0 Å². The van der Waals surface area contributed by atoms with Crippen LogP contribution in [0.4, 0.5) is 0 Å². The van der Waals surface area contributed by atoms with Gasteiger partial charge < -0.3 is 19.9 Å². The number of carbonyl (C=O) groups excluding carboxylic acids is 1. The van der Waals surface area contributed by atoms with Crippen molar-refractivity contribution in [3.8, 4) is 11.5 Å². The molecule has 0 saturated heterocycles. The zero-order chi connectivity index (χ0) is 10.7. The molecule has 0 heterocycles. The first-order valence-corrected chi connectivity index (χ1v) is 3.83. The SMILES string of the molecule is COc1ccc(B(O)O)c(C=O)c1O. The van der Waals surface area contributed by atoms with Gasteiger partial charge in [-0.05, 0) is 11.5 Å². The Balaban J connectivity index is 3.35. The van der Waals surface area contributed by atoms with E-state index in [4.69, 9.17) is 14.8 Å². The Morgan fingerprint density at radius 2 is 2.07 bits per heavy atom. The molecule has 3 N–H and O–H groups in total. The molecule has 0 atom stereocenters. The maximum atomic E-state index is 10.6. The van der Waals surface area contributed by atoms with E-state index in [0.29, 0.717) is 6.29 Å². The summed E-state index contributed by atoms with van der Waals surface area (Å²) >= 11 is 0. The van der Waals surface area contributed by atoms with Gasteiger partial charge in [0, 0.05) is 0 Å². The van der Waals surface area contributed by atoms with E-state index in [1.54, 1.807) is 0 Å². The second-order valence-corrected chi connectivity index (χ2v) is 2.61. The van der Waals surface area contributed by atoms with E-state index < -0.39 is 12.9 Å². The number of carbonyl (C=O) groups is 1. The van der Waals surface area contributed by atoms with Gasteiger partial charge in [0.2, 0.25) is 0 Å². The summed E-state index contributed by atoms with van der Waals surface area (Å²) in [6.45, 7) is 0. The lowest BCUT2D eigenvalue weighted by Crippen LogP contribution is -2.33. The van der Waals surface area contributed by atoms with Gasteiger partial charge in [-0.3, -0.25) is 4.79 Å². The Kier molecular flexibility index (Phi) is 3.11. The fourth-order valence-corrected chi connectivity index (χ4v) is 1.12. The monoisotopic (exact) mass is 196 g/mol. The predicted octanol–water partition coefficient (Wildman–Crippen LogP) is -1.11. The zero-order valence-electron chi connectivity index (χ0n) is 7.47. The van der Waals surface area contributed by atoms with Crippen molar-refractivity contribution in [1.82, 2.24) is 0 Å². The van der Waals surface area contributed by atoms with E-state index in [1.165, 1.54) is 19.2 Å². The minimum Gasteiger partial charge on any atom is -0.504 e. The molecule has 0 radical (unpaired) electrons. The molecule has 0 aliphatic heterocycles. The third-order valence-electron chi connectivity index (χ3n) is 1.83. The molecule has 0 amide bonds. The molecule has 1 rings (SSSR count). The van der Waals surface area contributed by atoms with Crippen LogP contribution in [0.1, 0.15) is 10.4 Å². The molecule has 0 aromatic heterocycles. The number of hydrogen-bond acceptors (Lipinski definition) is 5. The topological polar surface area (TPSA) is 87.0 Å². The summed E-state index contributed by atoms with van der Waals surface area (Å²) < 4.78 is 4.75. The molecule has 0 aliphatic carbocycles. The van der Waals surface area contributed by atoms with Crippen LogP contribution in [0.25, 0.3) is 0 Å². The maximum absolute atomic E-state index is 10.6. The van der Waals surface area contributed by atoms with Gasteiger partial charge in [-0.25, -0.2) is 0 Å². The first-order valence-electron chi connectivity index (χ1n) is 3.83. The Hall–Kier alpha value is -1.53. The van der Waals surface area contributed by atoms with Crippen LogP contribution in [-0.4, -0.2) is 35.7 Å². The standard InChI is InChI=1S/C8H9BO5/c1-14-7-3-2-6(9(12)13)5(4-10)8(7)11/h2-4,11-13H,1H3. The van der Waals surface area contributed by atoms with E-state index in [-0.39, 0.29) is 16.8 Å². The van der Waals surface area contributed by atoms with Gasteiger partial charge in [0.25, 0.3) is 0 Å². The largest absolute Gasteiger partial charge is 0.504 e. The molecule has 1 aromatic carbocycles. The van der Waals surface area contributed by atoms with E-state index in [1.807, 2.05) is 0 Å². The average Bonchev–Trinajstić information content (AvgIpc) is 2.17. The summed E-state index contributed by atoms with van der Waals surface area (Å²) in [7, 11) is -0.467. The van der Waals surface area contributed by atoms with Crippen molar-refractivity contribution in [2.45, 2.75) is 0 Å². The van der Waals surface area contributed by atoms with Crippen molar-refractivity contribution in [2.75, 3.05) is 7.11 Å². The van der Waals surface area contributed by atoms with Crippen LogP contribution in [0.15, 0.2) is 12.1 Å². The van der Waals surface area contributed by atoms with Gasteiger partial charge in [0.05, 0.1) is 12.7 Å². The summed E-state index contributed by atoms with van der Waals surface area (Å²) in [4.78, 5) is 10.6. The Labute approximate surface area is 80.7 Å². The van der Waals surface area contributed by atoms with Crippen molar-refractivity contribution in [3.05, 3.63) is 17.7 Å². The number of phenolic OH excluding ortho intramolecular Hbond substituents is 1. The Morgan fingerprint density at radius 3 is 2.50 bits per heavy atom. The molecule has 6 heteroatoms. The number of benzene rings is 1. The van der Waals surface area contributed by atoms with Gasteiger partial charge >= 0.3 is 7.12 Å². The minimum atomic E-state index is -1.80. The van der Waals surface area contributed by atoms with Crippen molar-refractivity contribution in [2.24, 2.45) is 0 Å². The Morgan fingerprint density at radius 1 is 1.43 bits per heavy atom. The average molecular weight is 196 g/mol. The van der Waals surface area contributed by atoms with Crippen LogP contribution in [-0.2, 0) is 0 Å². The normalized spacial score (nSPS) is 9.64. The molecule has 0 spiro atoms. The number of aromatic hydroxyl groups is 1. The molecule has 0 fully saturated rings. The van der Waals surface area contributed by atoms with Gasteiger partial charge in [0.1, 0.15) is 0 Å². The molecule has 0 aliphatic rings. The van der Waals surface area contributed by atoms with E-state index in [0.717, 1.165) is 0 Å². The summed E-state index contributed by atoms with van der Waals surface area (Å²) in [5.74, 6) is -0.287. The van der Waals surface area contributed by atoms with Crippen molar-refractivity contribution in [3.63, 3.8) is 0 Å². The second kappa shape index (κ2) is 4.12. The lowest BCUT2D eigenvalue weighted by Gasteiger charge is -2.09. The Bertz CT molecular complexity index is 350. The van der Waals surface area contributed by atoms with Crippen LogP contribution < -0.4 is 10.2 Å². The van der Waals surface area contributed by atoms with Crippen LogP contribution >= 0.6 is 0 Å². The minimum absolute atomic E-state index is 0.0571. The molecule has 1 aromatic rings. The first kappa shape index (κ1) is 10.6. The van der Waals surface area contributed by atoms with Crippen LogP contribution in [0.3, 0.4) is 0 Å².